The minimum absolute atomic E-state index is 0.205. The van der Waals surface area contributed by atoms with E-state index in [0.29, 0.717) is 44.9 Å². The van der Waals surface area contributed by atoms with Gasteiger partial charge in [0.15, 0.2) is 11.6 Å². The maximum absolute atomic E-state index is 16.1. The molecule has 6 heterocycles. The first-order valence-corrected chi connectivity index (χ1v) is 12.9. The molecular formula is C29H24F2N8. The zero-order valence-corrected chi connectivity index (χ0v) is 21.0. The molecule has 1 aliphatic rings. The number of aromatic amines is 2. The summed E-state index contributed by atoms with van der Waals surface area (Å²) in [6.45, 7) is 2.91. The van der Waals surface area contributed by atoms with Crippen molar-refractivity contribution in [3.8, 4) is 34.0 Å². The van der Waals surface area contributed by atoms with Crippen molar-refractivity contribution >= 4 is 21.9 Å². The SMILES string of the molecule is Fc1cccc(-c2nccc3[nH]c(-c4n[nH]c5cnc(-c6cncc(CN7CCCCC7)c6)c(F)c45)nc23)c1. The number of hydrogen-bond donors (Lipinski definition) is 2. The lowest BCUT2D eigenvalue weighted by molar-refractivity contribution is 0.220. The average Bonchev–Trinajstić information content (AvgIpc) is 3.59. The van der Waals surface area contributed by atoms with Crippen LogP contribution in [0.5, 0.6) is 0 Å². The van der Waals surface area contributed by atoms with Crippen LogP contribution >= 0.6 is 0 Å². The second-order valence-electron chi connectivity index (χ2n) is 9.85. The first-order valence-electron chi connectivity index (χ1n) is 12.9. The molecule has 7 rings (SSSR count). The number of halogens is 2. The van der Waals surface area contributed by atoms with Crippen molar-refractivity contribution in [1.82, 2.24) is 40.0 Å². The number of nitrogens with one attached hydrogen (secondary N) is 2. The van der Waals surface area contributed by atoms with Gasteiger partial charge in [-0.05, 0) is 55.8 Å². The number of nitrogens with zero attached hydrogens (tertiary/aromatic N) is 6. The van der Waals surface area contributed by atoms with E-state index in [1.807, 2.05) is 12.3 Å². The lowest BCUT2D eigenvalue weighted by atomic mass is 10.1. The lowest BCUT2D eigenvalue weighted by Crippen LogP contribution is -2.29. The summed E-state index contributed by atoms with van der Waals surface area (Å²) in [5, 5.41) is 7.51. The van der Waals surface area contributed by atoms with Crippen LogP contribution in [0.2, 0.25) is 0 Å². The van der Waals surface area contributed by atoms with Gasteiger partial charge in [-0.25, -0.2) is 13.8 Å². The van der Waals surface area contributed by atoms with Crippen LogP contribution in [0.4, 0.5) is 8.78 Å². The van der Waals surface area contributed by atoms with Gasteiger partial charge >= 0.3 is 0 Å². The van der Waals surface area contributed by atoms with E-state index in [-0.39, 0.29) is 16.9 Å². The van der Waals surface area contributed by atoms with Crippen LogP contribution < -0.4 is 0 Å². The predicted octanol–water partition coefficient (Wildman–Crippen LogP) is 5.89. The Labute approximate surface area is 222 Å². The summed E-state index contributed by atoms with van der Waals surface area (Å²) in [5.74, 6) is -0.496. The average molecular weight is 523 g/mol. The number of hydrogen-bond acceptors (Lipinski definition) is 6. The van der Waals surface area contributed by atoms with E-state index >= 15 is 4.39 Å². The monoisotopic (exact) mass is 522 g/mol. The Kier molecular flexibility index (Phi) is 5.81. The molecule has 0 saturated carbocycles. The molecule has 1 fully saturated rings. The topological polar surface area (TPSA) is 99.3 Å². The molecule has 5 aromatic heterocycles. The molecule has 194 valence electrons. The Balaban J connectivity index is 1.29. The summed E-state index contributed by atoms with van der Waals surface area (Å²) >= 11 is 0. The van der Waals surface area contributed by atoms with Crippen LogP contribution in [0.3, 0.4) is 0 Å². The number of likely N-dealkylation sites (tertiary alicyclic amines) is 1. The second kappa shape index (κ2) is 9.63. The molecule has 0 aliphatic carbocycles. The molecule has 1 aromatic carbocycles. The minimum atomic E-state index is -0.503. The fraction of sp³-hybridized carbons (Fsp3) is 0.207. The highest BCUT2D eigenvalue weighted by Gasteiger charge is 2.22. The highest BCUT2D eigenvalue weighted by molar-refractivity contribution is 5.97. The number of H-pyrrole nitrogens is 2. The zero-order chi connectivity index (χ0) is 26.3. The molecule has 0 bridgehead atoms. The molecule has 10 heteroatoms. The summed E-state index contributed by atoms with van der Waals surface area (Å²) in [6, 6.07) is 9.91. The maximum atomic E-state index is 16.1. The fourth-order valence-electron chi connectivity index (χ4n) is 5.32. The van der Waals surface area contributed by atoms with Gasteiger partial charge < -0.3 is 4.98 Å². The van der Waals surface area contributed by atoms with Gasteiger partial charge in [0.05, 0.1) is 28.3 Å². The predicted molar refractivity (Wildman–Crippen MR) is 144 cm³/mol. The molecule has 1 saturated heterocycles. The normalized spacial score (nSPS) is 14.4. The number of piperidine rings is 1. The number of imidazole rings is 1. The van der Waals surface area contributed by atoms with Crippen LogP contribution in [0, 0.1) is 11.6 Å². The molecular weight excluding hydrogens is 498 g/mol. The lowest BCUT2D eigenvalue weighted by Gasteiger charge is -2.26. The molecule has 0 amide bonds. The second-order valence-corrected chi connectivity index (χ2v) is 9.85. The van der Waals surface area contributed by atoms with Crippen molar-refractivity contribution in [3.63, 3.8) is 0 Å². The van der Waals surface area contributed by atoms with E-state index in [4.69, 9.17) is 4.98 Å². The van der Waals surface area contributed by atoms with Crippen LogP contribution in [-0.2, 0) is 6.54 Å². The van der Waals surface area contributed by atoms with E-state index in [0.717, 1.165) is 25.2 Å². The first-order chi connectivity index (χ1) is 19.1. The maximum Gasteiger partial charge on any atom is 0.161 e. The largest absolute Gasteiger partial charge is 0.336 e. The van der Waals surface area contributed by atoms with Gasteiger partial charge in [-0.3, -0.25) is 25.0 Å². The fourth-order valence-corrected chi connectivity index (χ4v) is 5.32. The summed E-state index contributed by atoms with van der Waals surface area (Å²) in [7, 11) is 0. The molecule has 0 spiro atoms. The molecule has 2 N–H and O–H groups in total. The molecule has 6 aromatic rings. The van der Waals surface area contributed by atoms with Crippen LogP contribution in [0.15, 0.2) is 61.2 Å². The van der Waals surface area contributed by atoms with Gasteiger partial charge in [0.1, 0.15) is 22.7 Å². The van der Waals surface area contributed by atoms with E-state index < -0.39 is 5.82 Å². The smallest absolute Gasteiger partial charge is 0.161 e. The van der Waals surface area contributed by atoms with Crippen molar-refractivity contribution in [2.24, 2.45) is 0 Å². The van der Waals surface area contributed by atoms with Crippen LogP contribution in [0.25, 0.3) is 56.0 Å². The molecule has 1 aliphatic heterocycles. The standard InChI is InChI=1S/C29H24F2N8/c30-20-6-4-5-18(12-20)26-27-21(7-8-33-26)35-29(36-27)28-23-22(37-38-28)15-34-25(24(23)31)19-11-17(13-32-14-19)16-39-9-2-1-3-10-39/h4-8,11-15H,1-3,9-10,16H2,(H,35,36)(H,37,38). The van der Waals surface area contributed by atoms with Gasteiger partial charge in [0, 0.05) is 36.3 Å². The number of rotatable bonds is 5. The molecule has 0 atom stereocenters. The van der Waals surface area contributed by atoms with Gasteiger partial charge in [-0.1, -0.05) is 18.6 Å². The highest BCUT2D eigenvalue weighted by Crippen LogP contribution is 2.34. The van der Waals surface area contributed by atoms with E-state index in [1.165, 1.54) is 31.4 Å². The number of fused-ring (bicyclic) bond motifs is 2. The third kappa shape index (κ3) is 4.32. The quantitative estimate of drug-likeness (QED) is 0.293. The number of benzene rings is 1. The van der Waals surface area contributed by atoms with Crippen LogP contribution in [-0.4, -0.2) is 53.1 Å². The van der Waals surface area contributed by atoms with Gasteiger partial charge in [0.2, 0.25) is 0 Å². The number of pyridine rings is 3. The van der Waals surface area contributed by atoms with Crippen molar-refractivity contribution in [2.45, 2.75) is 25.8 Å². The Morgan fingerprint density at radius 3 is 2.62 bits per heavy atom. The summed E-state index contributed by atoms with van der Waals surface area (Å²) in [5.41, 5.74) is 4.96. The summed E-state index contributed by atoms with van der Waals surface area (Å²) in [4.78, 5) is 23.5. The Morgan fingerprint density at radius 2 is 1.74 bits per heavy atom. The molecule has 0 unspecified atom stereocenters. The molecule has 0 radical (unpaired) electrons. The van der Waals surface area contributed by atoms with E-state index in [9.17, 15) is 4.39 Å². The molecule has 8 nitrogen and oxygen atoms in total. The minimum Gasteiger partial charge on any atom is -0.336 e. The van der Waals surface area contributed by atoms with Crippen molar-refractivity contribution in [3.05, 3.63) is 78.4 Å². The van der Waals surface area contributed by atoms with Crippen molar-refractivity contribution in [1.29, 1.82) is 0 Å². The van der Waals surface area contributed by atoms with E-state index in [2.05, 4.69) is 35.0 Å². The molecule has 39 heavy (non-hydrogen) atoms. The summed E-state index contributed by atoms with van der Waals surface area (Å²) in [6.07, 6.45) is 10.3. The van der Waals surface area contributed by atoms with Gasteiger partial charge in [0.25, 0.3) is 0 Å². The van der Waals surface area contributed by atoms with Gasteiger partial charge in [-0.15, -0.1) is 0 Å². The van der Waals surface area contributed by atoms with E-state index in [1.54, 1.807) is 36.8 Å². The zero-order valence-electron chi connectivity index (χ0n) is 21.0. The summed E-state index contributed by atoms with van der Waals surface area (Å²) < 4.78 is 30.0. The Morgan fingerprint density at radius 1 is 0.846 bits per heavy atom. The van der Waals surface area contributed by atoms with Crippen molar-refractivity contribution in [2.75, 3.05) is 13.1 Å². The Hall–Kier alpha value is -4.57. The third-order valence-corrected chi connectivity index (χ3v) is 7.19. The number of aromatic nitrogens is 7. The van der Waals surface area contributed by atoms with Gasteiger partial charge in [-0.2, -0.15) is 5.10 Å². The van der Waals surface area contributed by atoms with Crippen LogP contribution in [0.1, 0.15) is 24.8 Å². The first kappa shape index (κ1) is 23.5. The third-order valence-electron chi connectivity index (χ3n) is 7.19. The van der Waals surface area contributed by atoms with Crippen molar-refractivity contribution < 1.29 is 8.78 Å². The Bertz CT molecular complexity index is 1820. The highest BCUT2D eigenvalue weighted by atomic mass is 19.1.